The van der Waals surface area contributed by atoms with Gasteiger partial charge in [-0.05, 0) is 64.6 Å². The number of amides is 1. The Bertz CT molecular complexity index is 338. The maximum atomic E-state index is 12.0. The first-order chi connectivity index (χ1) is 10.0. The number of hydrogen-bond acceptors (Lipinski definition) is 3. The second kappa shape index (κ2) is 7.59. The molecule has 2 atom stereocenters. The SMILES string of the molecule is CCN1C[C@H](C2CCN(CCC(C)C)CC2)O[C@H](C)C1=O. The van der Waals surface area contributed by atoms with Gasteiger partial charge < -0.3 is 14.5 Å². The normalized spacial score (nSPS) is 29.4. The molecule has 0 saturated carbocycles. The first-order valence-corrected chi connectivity index (χ1v) is 8.67. The molecule has 4 heteroatoms. The number of morpholine rings is 1. The van der Waals surface area contributed by atoms with Crippen molar-refractivity contribution in [3.63, 3.8) is 0 Å². The van der Waals surface area contributed by atoms with Crippen molar-refractivity contribution in [2.24, 2.45) is 11.8 Å². The predicted molar refractivity (Wildman–Crippen MR) is 85.2 cm³/mol. The number of piperidine rings is 1. The Balaban J connectivity index is 1.80. The molecule has 122 valence electrons. The summed E-state index contributed by atoms with van der Waals surface area (Å²) < 4.78 is 5.99. The summed E-state index contributed by atoms with van der Waals surface area (Å²) in [5.74, 6) is 1.56. The second-order valence-corrected chi connectivity index (χ2v) is 7.06. The van der Waals surface area contributed by atoms with E-state index < -0.39 is 0 Å². The molecule has 2 rings (SSSR count). The van der Waals surface area contributed by atoms with E-state index in [-0.39, 0.29) is 18.1 Å². The number of carbonyl (C=O) groups is 1. The number of likely N-dealkylation sites (N-methyl/N-ethyl adjacent to an activating group) is 1. The van der Waals surface area contributed by atoms with Gasteiger partial charge in [0, 0.05) is 13.1 Å². The van der Waals surface area contributed by atoms with E-state index in [9.17, 15) is 4.79 Å². The largest absolute Gasteiger partial charge is 0.363 e. The highest BCUT2D eigenvalue weighted by Gasteiger charge is 2.36. The molecular weight excluding hydrogens is 264 g/mol. The molecule has 21 heavy (non-hydrogen) atoms. The van der Waals surface area contributed by atoms with Crippen LogP contribution in [0.1, 0.15) is 47.0 Å². The molecule has 0 bridgehead atoms. The number of hydrogen-bond donors (Lipinski definition) is 0. The van der Waals surface area contributed by atoms with E-state index >= 15 is 0 Å². The first kappa shape index (κ1) is 16.8. The Hall–Kier alpha value is -0.610. The minimum absolute atomic E-state index is 0.156. The van der Waals surface area contributed by atoms with Crippen LogP contribution in [0.5, 0.6) is 0 Å². The van der Waals surface area contributed by atoms with Crippen LogP contribution >= 0.6 is 0 Å². The van der Waals surface area contributed by atoms with E-state index in [0.29, 0.717) is 5.92 Å². The van der Waals surface area contributed by atoms with Crippen LogP contribution in [0.15, 0.2) is 0 Å². The van der Waals surface area contributed by atoms with Crippen LogP contribution in [-0.2, 0) is 9.53 Å². The third-order valence-corrected chi connectivity index (χ3v) is 5.00. The maximum absolute atomic E-state index is 12.0. The summed E-state index contributed by atoms with van der Waals surface area (Å²) in [5.41, 5.74) is 0. The standard InChI is InChI=1S/C17H32N2O2/c1-5-19-12-16(21-14(4)17(19)20)15-7-10-18(11-8-15)9-6-13(2)3/h13-16H,5-12H2,1-4H3/t14-,16-/m1/s1. The average molecular weight is 296 g/mol. The molecule has 1 amide bonds. The molecule has 0 radical (unpaired) electrons. The van der Waals surface area contributed by atoms with Crippen molar-refractivity contribution in [3.8, 4) is 0 Å². The van der Waals surface area contributed by atoms with E-state index in [1.165, 1.54) is 38.9 Å². The third kappa shape index (κ3) is 4.43. The first-order valence-electron chi connectivity index (χ1n) is 8.67. The minimum Gasteiger partial charge on any atom is -0.363 e. The zero-order chi connectivity index (χ0) is 15.4. The van der Waals surface area contributed by atoms with Gasteiger partial charge in [-0.1, -0.05) is 13.8 Å². The summed E-state index contributed by atoms with van der Waals surface area (Å²) in [6.07, 6.45) is 3.69. The van der Waals surface area contributed by atoms with Crippen LogP contribution in [-0.4, -0.2) is 60.6 Å². The summed E-state index contributed by atoms with van der Waals surface area (Å²) in [5, 5.41) is 0. The van der Waals surface area contributed by atoms with Crippen LogP contribution in [0, 0.1) is 11.8 Å². The van der Waals surface area contributed by atoms with E-state index in [0.717, 1.165) is 19.0 Å². The average Bonchev–Trinajstić information content (AvgIpc) is 2.48. The molecule has 0 aromatic heterocycles. The highest BCUT2D eigenvalue weighted by Crippen LogP contribution is 2.27. The molecule has 4 nitrogen and oxygen atoms in total. The van der Waals surface area contributed by atoms with Crippen molar-refractivity contribution < 1.29 is 9.53 Å². The summed E-state index contributed by atoms with van der Waals surface area (Å²) >= 11 is 0. The number of rotatable bonds is 5. The van der Waals surface area contributed by atoms with Crippen LogP contribution in [0.25, 0.3) is 0 Å². The van der Waals surface area contributed by atoms with Crippen molar-refractivity contribution in [2.45, 2.75) is 59.2 Å². The molecule has 2 heterocycles. The number of carbonyl (C=O) groups excluding carboxylic acids is 1. The topological polar surface area (TPSA) is 32.8 Å². The van der Waals surface area contributed by atoms with Gasteiger partial charge in [-0.25, -0.2) is 0 Å². The van der Waals surface area contributed by atoms with Gasteiger partial charge in [0.2, 0.25) is 0 Å². The third-order valence-electron chi connectivity index (χ3n) is 5.00. The highest BCUT2D eigenvalue weighted by molar-refractivity contribution is 5.81. The molecule has 0 aliphatic carbocycles. The molecule has 2 fully saturated rings. The van der Waals surface area contributed by atoms with Gasteiger partial charge >= 0.3 is 0 Å². The highest BCUT2D eigenvalue weighted by atomic mass is 16.5. The predicted octanol–water partition coefficient (Wildman–Crippen LogP) is 2.38. The molecule has 0 aromatic carbocycles. The fraction of sp³-hybridized carbons (Fsp3) is 0.941. The van der Waals surface area contributed by atoms with Crippen molar-refractivity contribution in [3.05, 3.63) is 0 Å². The summed E-state index contributed by atoms with van der Waals surface area (Å²) in [6.45, 7) is 13.7. The fourth-order valence-electron chi connectivity index (χ4n) is 3.46. The lowest BCUT2D eigenvalue weighted by molar-refractivity contribution is -0.166. The van der Waals surface area contributed by atoms with Crippen LogP contribution < -0.4 is 0 Å². The van der Waals surface area contributed by atoms with Gasteiger partial charge in [0.25, 0.3) is 5.91 Å². The Morgan fingerprint density at radius 1 is 1.29 bits per heavy atom. The Morgan fingerprint density at radius 2 is 1.95 bits per heavy atom. The Labute approximate surface area is 129 Å². The van der Waals surface area contributed by atoms with E-state index in [2.05, 4.69) is 25.7 Å². The van der Waals surface area contributed by atoms with Crippen molar-refractivity contribution >= 4 is 5.91 Å². The molecule has 2 aliphatic heterocycles. The maximum Gasteiger partial charge on any atom is 0.251 e. The quantitative estimate of drug-likeness (QED) is 0.781. The lowest BCUT2D eigenvalue weighted by atomic mass is 9.89. The van der Waals surface area contributed by atoms with Gasteiger partial charge in [0.1, 0.15) is 6.10 Å². The molecule has 0 aromatic rings. The summed E-state index contributed by atoms with van der Waals surface area (Å²) in [7, 11) is 0. The van der Waals surface area contributed by atoms with Crippen molar-refractivity contribution in [1.29, 1.82) is 0 Å². The van der Waals surface area contributed by atoms with E-state index in [1.807, 2.05) is 11.8 Å². The number of nitrogens with zero attached hydrogens (tertiary/aromatic N) is 2. The van der Waals surface area contributed by atoms with Crippen molar-refractivity contribution in [1.82, 2.24) is 9.80 Å². The zero-order valence-corrected chi connectivity index (χ0v) is 14.2. The molecular formula is C17H32N2O2. The van der Waals surface area contributed by atoms with Gasteiger partial charge in [-0.15, -0.1) is 0 Å². The van der Waals surface area contributed by atoms with E-state index in [4.69, 9.17) is 4.74 Å². The zero-order valence-electron chi connectivity index (χ0n) is 14.2. The number of ether oxygens (including phenoxy) is 1. The fourth-order valence-corrected chi connectivity index (χ4v) is 3.46. The van der Waals surface area contributed by atoms with Gasteiger partial charge in [0.15, 0.2) is 0 Å². The van der Waals surface area contributed by atoms with E-state index in [1.54, 1.807) is 0 Å². The molecule has 0 N–H and O–H groups in total. The molecule has 0 unspecified atom stereocenters. The minimum atomic E-state index is -0.261. The van der Waals surface area contributed by atoms with Gasteiger partial charge in [-0.2, -0.15) is 0 Å². The smallest absolute Gasteiger partial charge is 0.251 e. The van der Waals surface area contributed by atoms with Gasteiger partial charge in [-0.3, -0.25) is 4.79 Å². The lowest BCUT2D eigenvalue weighted by Crippen LogP contribution is -2.54. The van der Waals surface area contributed by atoms with Gasteiger partial charge in [0.05, 0.1) is 6.10 Å². The monoisotopic (exact) mass is 296 g/mol. The molecule has 2 aliphatic rings. The number of likely N-dealkylation sites (tertiary alicyclic amines) is 1. The Morgan fingerprint density at radius 3 is 2.52 bits per heavy atom. The van der Waals surface area contributed by atoms with Crippen LogP contribution in [0.4, 0.5) is 0 Å². The summed E-state index contributed by atoms with van der Waals surface area (Å²) in [6, 6.07) is 0. The van der Waals surface area contributed by atoms with Crippen LogP contribution in [0.2, 0.25) is 0 Å². The second-order valence-electron chi connectivity index (χ2n) is 7.06. The summed E-state index contributed by atoms with van der Waals surface area (Å²) in [4.78, 5) is 16.5. The van der Waals surface area contributed by atoms with Crippen molar-refractivity contribution in [2.75, 3.05) is 32.7 Å². The Kier molecular flexibility index (Phi) is 6.06. The lowest BCUT2D eigenvalue weighted by Gasteiger charge is -2.42. The van der Waals surface area contributed by atoms with Crippen LogP contribution in [0.3, 0.4) is 0 Å². The molecule has 0 spiro atoms. The molecule has 2 saturated heterocycles.